The molecule has 0 bridgehead atoms. The predicted octanol–water partition coefficient (Wildman–Crippen LogP) is 3.06. The molecule has 5 nitrogen and oxygen atoms in total. The number of rotatable bonds is 9. The molecule has 0 aliphatic carbocycles. The van der Waals surface area contributed by atoms with Crippen LogP contribution in [0.25, 0.3) is 0 Å². The average molecular weight is 311 g/mol. The van der Waals surface area contributed by atoms with Crippen molar-refractivity contribution in [2.75, 3.05) is 49.5 Å². The highest BCUT2D eigenvalue weighted by molar-refractivity contribution is 7.19. The van der Waals surface area contributed by atoms with Crippen molar-refractivity contribution in [1.82, 2.24) is 15.1 Å². The normalized spacial score (nSPS) is 16.1. The number of hydrogen-bond acceptors (Lipinski definition) is 6. The van der Waals surface area contributed by atoms with Crippen molar-refractivity contribution in [2.45, 2.75) is 46.0 Å². The molecule has 1 aliphatic rings. The molecule has 0 amide bonds. The molecule has 6 heteroatoms. The van der Waals surface area contributed by atoms with Gasteiger partial charge in [-0.3, -0.25) is 0 Å². The van der Waals surface area contributed by atoms with E-state index in [1.165, 1.54) is 45.3 Å². The predicted molar refractivity (Wildman–Crippen MR) is 91.5 cm³/mol. The van der Waals surface area contributed by atoms with Gasteiger partial charge in [0, 0.05) is 19.6 Å². The zero-order valence-electron chi connectivity index (χ0n) is 13.5. The summed E-state index contributed by atoms with van der Waals surface area (Å²) in [7, 11) is 0. The van der Waals surface area contributed by atoms with Crippen LogP contribution in [0.1, 0.15) is 46.0 Å². The van der Waals surface area contributed by atoms with Crippen molar-refractivity contribution in [3.05, 3.63) is 0 Å². The molecule has 21 heavy (non-hydrogen) atoms. The van der Waals surface area contributed by atoms with E-state index in [2.05, 4.69) is 39.2 Å². The van der Waals surface area contributed by atoms with E-state index in [-0.39, 0.29) is 0 Å². The van der Waals surface area contributed by atoms with Crippen molar-refractivity contribution in [1.29, 1.82) is 0 Å². The monoisotopic (exact) mass is 311 g/mol. The molecule has 0 spiro atoms. The van der Waals surface area contributed by atoms with Crippen LogP contribution in [0.4, 0.5) is 10.3 Å². The van der Waals surface area contributed by atoms with Gasteiger partial charge in [0.1, 0.15) is 0 Å². The van der Waals surface area contributed by atoms with E-state index in [1.807, 2.05) is 0 Å². The molecule has 0 aromatic carbocycles. The summed E-state index contributed by atoms with van der Waals surface area (Å²) in [5, 5.41) is 13.8. The number of likely N-dealkylation sites (tertiary alicyclic amines) is 1. The maximum absolute atomic E-state index is 4.34. The van der Waals surface area contributed by atoms with Crippen molar-refractivity contribution < 1.29 is 0 Å². The third-order valence-corrected chi connectivity index (χ3v) is 4.80. The molecule has 1 aromatic rings. The van der Waals surface area contributed by atoms with Crippen molar-refractivity contribution in [2.24, 2.45) is 0 Å². The van der Waals surface area contributed by atoms with Gasteiger partial charge in [-0.15, -0.1) is 10.2 Å². The molecule has 0 atom stereocenters. The fourth-order valence-corrected chi connectivity index (χ4v) is 3.67. The molecule has 1 saturated heterocycles. The Kier molecular flexibility index (Phi) is 7.23. The molecule has 1 fully saturated rings. The standard InChI is InChI=1S/C15H29N5S/c1-3-9-20(15-18-17-14(21-15)16-4-2)13-8-12-19-10-6-5-7-11-19/h3-13H2,1-2H3,(H,16,17). The number of hydrogen-bond donors (Lipinski definition) is 1. The quantitative estimate of drug-likeness (QED) is 0.759. The lowest BCUT2D eigenvalue weighted by Gasteiger charge is -2.28. The maximum atomic E-state index is 4.34. The average Bonchev–Trinajstić information content (AvgIpc) is 2.96. The summed E-state index contributed by atoms with van der Waals surface area (Å²) < 4.78 is 0. The minimum Gasteiger partial charge on any atom is -0.360 e. The van der Waals surface area contributed by atoms with Crippen LogP contribution in [0.15, 0.2) is 0 Å². The summed E-state index contributed by atoms with van der Waals surface area (Å²) in [5.74, 6) is 0. The lowest BCUT2D eigenvalue weighted by atomic mass is 10.1. The van der Waals surface area contributed by atoms with E-state index in [1.54, 1.807) is 11.3 Å². The van der Waals surface area contributed by atoms with Gasteiger partial charge in [0.05, 0.1) is 0 Å². The van der Waals surface area contributed by atoms with E-state index < -0.39 is 0 Å². The first-order valence-corrected chi connectivity index (χ1v) is 9.19. The molecule has 0 saturated carbocycles. The van der Waals surface area contributed by atoms with Crippen molar-refractivity contribution >= 4 is 21.6 Å². The van der Waals surface area contributed by atoms with E-state index in [0.29, 0.717) is 0 Å². The van der Waals surface area contributed by atoms with Gasteiger partial charge < -0.3 is 15.1 Å². The molecule has 2 rings (SSSR count). The van der Waals surface area contributed by atoms with E-state index in [9.17, 15) is 0 Å². The summed E-state index contributed by atoms with van der Waals surface area (Å²) in [6, 6.07) is 0. The van der Waals surface area contributed by atoms with Crippen LogP contribution in [0.2, 0.25) is 0 Å². The lowest BCUT2D eigenvalue weighted by Crippen LogP contribution is -2.33. The van der Waals surface area contributed by atoms with Gasteiger partial charge in [-0.25, -0.2) is 0 Å². The summed E-state index contributed by atoms with van der Waals surface area (Å²) in [6.45, 7) is 11.2. The highest BCUT2D eigenvalue weighted by atomic mass is 32.1. The summed E-state index contributed by atoms with van der Waals surface area (Å²) in [6.07, 6.45) is 6.54. The Morgan fingerprint density at radius 1 is 1.14 bits per heavy atom. The van der Waals surface area contributed by atoms with Crippen LogP contribution < -0.4 is 10.2 Å². The molecule has 1 aliphatic heterocycles. The number of piperidine rings is 1. The second-order valence-electron chi connectivity index (χ2n) is 5.66. The third kappa shape index (κ3) is 5.43. The Hall–Kier alpha value is -0.880. The fraction of sp³-hybridized carbons (Fsp3) is 0.867. The van der Waals surface area contributed by atoms with Crippen LogP contribution >= 0.6 is 11.3 Å². The zero-order chi connectivity index (χ0) is 14.9. The van der Waals surface area contributed by atoms with Crippen LogP contribution in [-0.2, 0) is 0 Å². The Morgan fingerprint density at radius 2 is 1.95 bits per heavy atom. The number of nitrogens with zero attached hydrogens (tertiary/aromatic N) is 4. The SMILES string of the molecule is CCCN(CCCN1CCCCC1)c1nnc(NCC)s1. The topological polar surface area (TPSA) is 44.3 Å². The van der Waals surface area contributed by atoms with Gasteiger partial charge >= 0.3 is 0 Å². The first-order valence-electron chi connectivity index (χ1n) is 8.38. The molecule has 1 N–H and O–H groups in total. The van der Waals surface area contributed by atoms with Gasteiger partial charge in [-0.2, -0.15) is 0 Å². The summed E-state index contributed by atoms with van der Waals surface area (Å²) in [4.78, 5) is 5.00. The van der Waals surface area contributed by atoms with Crippen molar-refractivity contribution in [3.8, 4) is 0 Å². The third-order valence-electron chi connectivity index (χ3n) is 3.86. The first-order chi connectivity index (χ1) is 10.3. The first kappa shape index (κ1) is 16.5. The number of aromatic nitrogens is 2. The highest BCUT2D eigenvalue weighted by Gasteiger charge is 2.13. The minimum absolute atomic E-state index is 0.900. The summed E-state index contributed by atoms with van der Waals surface area (Å²) in [5.41, 5.74) is 0. The van der Waals surface area contributed by atoms with Gasteiger partial charge in [0.15, 0.2) is 0 Å². The lowest BCUT2D eigenvalue weighted by molar-refractivity contribution is 0.227. The molecular formula is C15H29N5S. The Balaban J connectivity index is 1.79. The molecule has 2 heterocycles. The van der Waals surface area contributed by atoms with E-state index in [4.69, 9.17) is 0 Å². The number of nitrogens with one attached hydrogen (secondary N) is 1. The van der Waals surface area contributed by atoms with Crippen LogP contribution in [0, 0.1) is 0 Å². The molecule has 0 unspecified atom stereocenters. The summed E-state index contributed by atoms with van der Waals surface area (Å²) >= 11 is 1.67. The minimum atomic E-state index is 0.900. The largest absolute Gasteiger partial charge is 0.360 e. The van der Waals surface area contributed by atoms with Crippen LogP contribution in [0.3, 0.4) is 0 Å². The molecule has 0 radical (unpaired) electrons. The van der Waals surface area contributed by atoms with Crippen LogP contribution in [-0.4, -0.2) is 54.4 Å². The molecule has 120 valence electrons. The molecule has 1 aromatic heterocycles. The highest BCUT2D eigenvalue weighted by Crippen LogP contribution is 2.24. The Morgan fingerprint density at radius 3 is 2.67 bits per heavy atom. The maximum Gasteiger partial charge on any atom is 0.209 e. The van der Waals surface area contributed by atoms with Crippen molar-refractivity contribution in [3.63, 3.8) is 0 Å². The molecular weight excluding hydrogens is 282 g/mol. The zero-order valence-corrected chi connectivity index (χ0v) is 14.3. The Labute approximate surface area is 132 Å². The second kappa shape index (κ2) is 9.20. The van der Waals surface area contributed by atoms with Gasteiger partial charge in [0.25, 0.3) is 0 Å². The van der Waals surface area contributed by atoms with Gasteiger partial charge in [-0.1, -0.05) is 24.7 Å². The Bertz CT molecular complexity index is 389. The van der Waals surface area contributed by atoms with E-state index >= 15 is 0 Å². The van der Waals surface area contributed by atoms with Gasteiger partial charge in [0.2, 0.25) is 10.3 Å². The number of anilines is 2. The van der Waals surface area contributed by atoms with Crippen LogP contribution in [0.5, 0.6) is 0 Å². The van der Waals surface area contributed by atoms with Gasteiger partial charge in [-0.05, 0) is 52.2 Å². The fourth-order valence-electron chi connectivity index (χ4n) is 2.81. The smallest absolute Gasteiger partial charge is 0.209 e. The second-order valence-corrected chi connectivity index (χ2v) is 6.62. The van der Waals surface area contributed by atoms with E-state index in [0.717, 1.165) is 36.3 Å².